The van der Waals surface area contributed by atoms with Crippen LogP contribution < -0.4 is 4.74 Å². The summed E-state index contributed by atoms with van der Waals surface area (Å²) in [6, 6.07) is 1.38. The lowest BCUT2D eigenvalue weighted by Crippen LogP contribution is -2.04. The smallest absolute Gasteiger partial charge is 0.449 e. The number of hydrogen-bond acceptors (Lipinski definition) is 3. The van der Waals surface area contributed by atoms with Gasteiger partial charge in [-0.1, -0.05) is 23.2 Å². The molecule has 1 aromatic heterocycles. The molecule has 0 amide bonds. The summed E-state index contributed by atoms with van der Waals surface area (Å²) in [7, 11) is 0. The topological polar surface area (TPSA) is 59.4 Å². The van der Waals surface area contributed by atoms with Gasteiger partial charge in [0.15, 0.2) is 10.9 Å². The van der Waals surface area contributed by atoms with E-state index >= 15 is 0 Å². The molecule has 0 fully saturated rings. The van der Waals surface area contributed by atoms with Gasteiger partial charge in [-0.25, -0.2) is 9.78 Å². The number of aromatic nitrogens is 1. The highest BCUT2D eigenvalue weighted by atomic mass is 35.5. The molecule has 64 valence electrons. The summed E-state index contributed by atoms with van der Waals surface area (Å²) in [5.74, 6) is -0.145. The van der Waals surface area contributed by atoms with Gasteiger partial charge in [0.25, 0.3) is 0 Å². The molecule has 0 radical (unpaired) electrons. The standard InChI is InChI=1S/C6H3Cl2NO3/c7-3-1-2-9-5(8)4(3)12-6(10)11/h1-2H,(H,10,11). The van der Waals surface area contributed by atoms with E-state index in [9.17, 15) is 4.79 Å². The summed E-state index contributed by atoms with van der Waals surface area (Å²) in [4.78, 5) is 13.7. The maximum Gasteiger partial charge on any atom is 0.511 e. The lowest BCUT2D eigenvalue weighted by Gasteiger charge is -2.02. The Morgan fingerprint density at radius 3 is 2.75 bits per heavy atom. The third-order valence-corrected chi connectivity index (χ3v) is 1.57. The first-order valence-corrected chi connectivity index (χ1v) is 3.57. The van der Waals surface area contributed by atoms with Gasteiger partial charge in [0.2, 0.25) is 0 Å². The van der Waals surface area contributed by atoms with Crippen LogP contribution in [0.15, 0.2) is 12.3 Å². The fourth-order valence-corrected chi connectivity index (χ4v) is 1.01. The Bertz CT molecular complexity index is 295. The number of nitrogens with zero attached hydrogens (tertiary/aromatic N) is 1. The van der Waals surface area contributed by atoms with Crippen LogP contribution in [0.3, 0.4) is 0 Å². The van der Waals surface area contributed by atoms with Gasteiger partial charge in [0.05, 0.1) is 5.02 Å². The Balaban J connectivity index is 3.04. The van der Waals surface area contributed by atoms with Gasteiger partial charge in [-0.05, 0) is 6.07 Å². The lowest BCUT2D eigenvalue weighted by molar-refractivity contribution is 0.144. The minimum atomic E-state index is -1.48. The lowest BCUT2D eigenvalue weighted by atomic mass is 10.4. The summed E-state index contributed by atoms with van der Waals surface area (Å²) in [6.07, 6.45) is -0.133. The highest BCUT2D eigenvalue weighted by Gasteiger charge is 2.11. The molecule has 4 nitrogen and oxygen atoms in total. The van der Waals surface area contributed by atoms with E-state index in [4.69, 9.17) is 28.3 Å². The molecule has 1 heterocycles. The quantitative estimate of drug-likeness (QED) is 0.568. The van der Waals surface area contributed by atoms with Crippen LogP contribution in [0.4, 0.5) is 4.79 Å². The molecule has 0 aliphatic rings. The second kappa shape index (κ2) is 3.60. The Morgan fingerprint density at radius 1 is 1.58 bits per heavy atom. The van der Waals surface area contributed by atoms with Crippen LogP contribution in [-0.2, 0) is 0 Å². The van der Waals surface area contributed by atoms with Gasteiger partial charge >= 0.3 is 6.16 Å². The van der Waals surface area contributed by atoms with Gasteiger partial charge < -0.3 is 9.84 Å². The van der Waals surface area contributed by atoms with E-state index in [0.29, 0.717) is 0 Å². The molecule has 0 saturated carbocycles. The number of pyridine rings is 1. The summed E-state index contributed by atoms with van der Waals surface area (Å²) in [6.45, 7) is 0. The predicted molar refractivity (Wildman–Crippen MR) is 42.9 cm³/mol. The molecule has 0 aliphatic heterocycles. The van der Waals surface area contributed by atoms with E-state index in [-0.39, 0.29) is 15.9 Å². The van der Waals surface area contributed by atoms with Gasteiger partial charge in [0.1, 0.15) is 0 Å². The normalized spacial score (nSPS) is 9.50. The Hall–Kier alpha value is -1.00. The second-order valence-electron chi connectivity index (χ2n) is 1.78. The van der Waals surface area contributed by atoms with Gasteiger partial charge in [-0.2, -0.15) is 0 Å². The maximum absolute atomic E-state index is 10.1. The van der Waals surface area contributed by atoms with Crippen molar-refractivity contribution < 1.29 is 14.6 Å². The monoisotopic (exact) mass is 207 g/mol. The molecule has 0 atom stereocenters. The maximum atomic E-state index is 10.1. The van der Waals surface area contributed by atoms with Crippen molar-refractivity contribution in [3.8, 4) is 5.75 Å². The van der Waals surface area contributed by atoms with Crippen LogP contribution >= 0.6 is 23.2 Å². The molecule has 0 spiro atoms. The van der Waals surface area contributed by atoms with Crippen molar-refractivity contribution in [2.75, 3.05) is 0 Å². The fourth-order valence-electron chi connectivity index (χ4n) is 0.579. The molecule has 1 aromatic rings. The van der Waals surface area contributed by atoms with Crippen LogP contribution in [0.5, 0.6) is 5.75 Å². The Labute approximate surface area is 77.7 Å². The highest BCUT2D eigenvalue weighted by Crippen LogP contribution is 2.30. The minimum absolute atomic E-state index is 0.0788. The molecular formula is C6H3Cl2NO3. The Kier molecular flexibility index (Phi) is 2.73. The largest absolute Gasteiger partial charge is 0.511 e. The molecular weight excluding hydrogens is 205 g/mol. The van der Waals surface area contributed by atoms with E-state index in [0.717, 1.165) is 0 Å². The molecule has 0 unspecified atom stereocenters. The first-order valence-electron chi connectivity index (χ1n) is 2.82. The van der Waals surface area contributed by atoms with Gasteiger partial charge in [0, 0.05) is 6.20 Å². The summed E-state index contributed by atoms with van der Waals surface area (Å²) in [5.41, 5.74) is 0. The molecule has 1 N–H and O–H groups in total. The summed E-state index contributed by atoms with van der Waals surface area (Å²) in [5, 5.41) is 8.28. The first-order chi connectivity index (χ1) is 5.61. The third-order valence-electron chi connectivity index (χ3n) is 1.00. The zero-order valence-electron chi connectivity index (χ0n) is 5.62. The van der Waals surface area contributed by atoms with Crippen molar-refractivity contribution in [3.05, 3.63) is 22.4 Å². The van der Waals surface area contributed by atoms with Gasteiger partial charge in [-0.3, -0.25) is 0 Å². The van der Waals surface area contributed by atoms with Crippen molar-refractivity contribution in [3.63, 3.8) is 0 Å². The number of carboxylic acid groups (broad SMARTS) is 1. The van der Waals surface area contributed by atoms with E-state index in [1.807, 2.05) is 0 Å². The van der Waals surface area contributed by atoms with E-state index in [1.54, 1.807) is 0 Å². The van der Waals surface area contributed by atoms with Crippen LogP contribution in [-0.4, -0.2) is 16.2 Å². The minimum Gasteiger partial charge on any atom is -0.449 e. The fraction of sp³-hybridized carbons (Fsp3) is 0. The molecule has 0 aromatic carbocycles. The third kappa shape index (κ3) is 1.99. The molecule has 0 bridgehead atoms. The van der Waals surface area contributed by atoms with Crippen molar-refractivity contribution in [2.24, 2.45) is 0 Å². The van der Waals surface area contributed by atoms with Crippen LogP contribution in [0.1, 0.15) is 0 Å². The average molecular weight is 208 g/mol. The zero-order valence-corrected chi connectivity index (χ0v) is 7.13. The average Bonchev–Trinajstić information content (AvgIpc) is 1.97. The summed E-state index contributed by atoms with van der Waals surface area (Å²) < 4.78 is 4.27. The SMILES string of the molecule is O=C(O)Oc1c(Cl)ccnc1Cl. The number of carbonyl (C=O) groups is 1. The van der Waals surface area contributed by atoms with Crippen molar-refractivity contribution in [2.45, 2.75) is 0 Å². The van der Waals surface area contributed by atoms with E-state index < -0.39 is 6.16 Å². The van der Waals surface area contributed by atoms with Crippen molar-refractivity contribution in [1.82, 2.24) is 4.98 Å². The van der Waals surface area contributed by atoms with E-state index in [2.05, 4.69) is 9.72 Å². The molecule has 6 heteroatoms. The van der Waals surface area contributed by atoms with Crippen molar-refractivity contribution >= 4 is 29.4 Å². The van der Waals surface area contributed by atoms with Crippen molar-refractivity contribution in [1.29, 1.82) is 0 Å². The van der Waals surface area contributed by atoms with Gasteiger partial charge in [-0.15, -0.1) is 0 Å². The number of halogens is 2. The zero-order chi connectivity index (χ0) is 9.14. The van der Waals surface area contributed by atoms with E-state index in [1.165, 1.54) is 12.3 Å². The number of rotatable bonds is 1. The number of ether oxygens (including phenoxy) is 1. The first kappa shape index (κ1) is 9.09. The van der Waals surface area contributed by atoms with Crippen LogP contribution in [0.2, 0.25) is 10.2 Å². The highest BCUT2D eigenvalue weighted by molar-refractivity contribution is 6.36. The molecule has 1 rings (SSSR count). The predicted octanol–water partition coefficient (Wildman–Crippen LogP) is 2.45. The molecule has 0 saturated heterocycles. The van der Waals surface area contributed by atoms with Crippen LogP contribution in [0, 0.1) is 0 Å². The summed E-state index contributed by atoms with van der Waals surface area (Å²) >= 11 is 11.1. The van der Waals surface area contributed by atoms with Crippen LogP contribution in [0.25, 0.3) is 0 Å². The molecule has 0 aliphatic carbocycles. The Morgan fingerprint density at radius 2 is 2.25 bits per heavy atom. The molecule has 12 heavy (non-hydrogen) atoms. The second-order valence-corrected chi connectivity index (χ2v) is 2.55. The number of hydrogen-bond donors (Lipinski definition) is 1.